The lowest BCUT2D eigenvalue weighted by Crippen LogP contribution is -2.44. The van der Waals surface area contributed by atoms with Gasteiger partial charge in [-0.15, -0.1) is 10.2 Å². The number of rotatable bonds is 3. The molecule has 78 valence electrons. The zero-order chi connectivity index (χ0) is 9.97. The summed E-state index contributed by atoms with van der Waals surface area (Å²) in [5.74, 6) is 1.06. The van der Waals surface area contributed by atoms with Crippen LogP contribution in [-0.4, -0.2) is 38.8 Å². The summed E-state index contributed by atoms with van der Waals surface area (Å²) in [6, 6.07) is 0.487. The Morgan fingerprint density at radius 3 is 3.14 bits per heavy atom. The molecular weight excluding hydrogens is 178 g/mol. The second-order valence-corrected chi connectivity index (χ2v) is 3.71. The minimum absolute atomic E-state index is 0.487. The summed E-state index contributed by atoms with van der Waals surface area (Å²) in [7, 11) is 0. The fraction of sp³-hybridized carbons (Fsp3) is 0.778. The lowest BCUT2D eigenvalue weighted by molar-refractivity contribution is 0.152. The van der Waals surface area contributed by atoms with Crippen LogP contribution in [0.4, 0.5) is 0 Å². The van der Waals surface area contributed by atoms with Crippen LogP contribution in [0.3, 0.4) is 0 Å². The van der Waals surface area contributed by atoms with E-state index in [9.17, 15) is 0 Å². The summed E-state index contributed by atoms with van der Waals surface area (Å²) in [4.78, 5) is 2.39. The molecule has 0 aromatic carbocycles. The van der Waals surface area contributed by atoms with E-state index < -0.39 is 0 Å². The van der Waals surface area contributed by atoms with Gasteiger partial charge in [0.1, 0.15) is 12.2 Å². The van der Waals surface area contributed by atoms with Crippen LogP contribution >= 0.6 is 0 Å². The molecule has 2 N–H and O–H groups in total. The highest BCUT2D eigenvalue weighted by Gasteiger charge is 2.22. The van der Waals surface area contributed by atoms with E-state index in [-0.39, 0.29) is 0 Å². The summed E-state index contributed by atoms with van der Waals surface area (Å²) in [6.45, 7) is 5.83. The Hall–Kier alpha value is -0.940. The highest BCUT2D eigenvalue weighted by atomic mass is 15.3. The molecule has 1 unspecified atom stereocenters. The average molecular weight is 195 g/mol. The summed E-state index contributed by atoms with van der Waals surface area (Å²) >= 11 is 0. The zero-order valence-corrected chi connectivity index (χ0v) is 8.56. The van der Waals surface area contributed by atoms with Gasteiger partial charge in [0, 0.05) is 25.7 Å². The second-order valence-electron chi connectivity index (χ2n) is 3.71. The molecule has 2 rings (SSSR count). The topological polar surface area (TPSA) is 60.0 Å². The number of fused-ring (bicyclic) bond motifs is 1. The van der Waals surface area contributed by atoms with Crippen molar-refractivity contribution in [3.8, 4) is 0 Å². The number of nitrogens with zero attached hydrogens (tertiary/aromatic N) is 4. The normalized spacial score (nSPS) is 19.3. The van der Waals surface area contributed by atoms with Crippen molar-refractivity contribution in [3.05, 3.63) is 12.2 Å². The van der Waals surface area contributed by atoms with Gasteiger partial charge in [-0.3, -0.25) is 4.90 Å². The van der Waals surface area contributed by atoms with E-state index >= 15 is 0 Å². The van der Waals surface area contributed by atoms with Crippen molar-refractivity contribution in [2.45, 2.75) is 32.5 Å². The third-order valence-corrected chi connectivity index (χ3v) is 2.93. The Kier molecular flexibility index (Phi) is 2.79. The van der Waals surface area contributed by atoms with Gasteiger partial charge in [-0.05, 0) is 6.42 Å². The number of nitrogens with two attached hydrogens (primary N) is 1. The SMILES string of the molecule is CCC(CN)N1CCn2cnnc2C1. The van der Waals surface area contributed by atoms with Gasteiger partial charge >= 0.3 is 0 Å². The van der Waals surface area contributed by atoms with Gasteiger partial charge in [-0.1, -0.05) is 6.92 Å². The van der Waals surface area contributed by atoms with E-state index in [1.807, 2.05) is 0 Å². The minimum atomic E-state index is 0.487. The van der Waals surface area contributed by atoms with E-state index in [2.05, 4.69) is 26.6 Å². The summed E-state index contributed by atoms with van der Waals surface area (Å²) in [6.07, 6.45) is 2.90. The molecule has 2 heterocycles. The number of hydrogen-bond acceptors (Lipinski definition) is 4. The van der Waals surface area contributed by atoms with E-state index in [1.165, 1.54) is 0 Å². The van der Waals surface area contributed by atoms with Gasteiger partial charge in [-0.2, -0.15) is 0 Å². The molecule has 0 fully saturated rings. The van der Waals surface area contributed by atoms with Crippen LogP contribution in [0.15, 0.2) is 6.33 Å². The molecule has 0 radical (unpaired) electrons. The maximum absolute atomic E-state index is 5.72. The molecule has 0 amide bonds. The van der Waals surface area contributed by atoms with Crippen molar-refractivity contribution in [3.63, 3.8) is 0 Å². The maximum Gasteiger partial charge on any atom is 0.147 e. The van der Waals surface area contributed by atoms with Crippen molar-refractivity contribution in [2.75, 3.05) is 13.1 Å². The lowest BCUT2D eigenvalue weighted by Gasteiger charge is -2.33. The average Bonchev–Trinajstić information content (AvgIpc) is 2.66. The van der Waals surface area contributed by atoms with Crippen molar-refractivity contribution < 1.29 is 0 Å². The Morgan fingerprint density at radius 2 is 2.43 bits per heavy atom. The Balaban J connectivity index is 2.06. The summed E-state index contributed by atoms with van der Waals surface area (Å²) in [5.41, 5.74) is 5.72. The van der Waals surface area contributed by atoms with Gasteiger partial charge in [-0.25, -0.2) is 0 Å². The van der Waals surface area contributed by atoms with Crippen molar-refractivity contribution in [1.29, 1.82) is 0 Å². The molecule has 0 saturated carbocycles. The van der Waals surface area contributed by atoms with Crippen molar-refractivity contribution in [1.82, 2.24) is 19.7 Å². The van der Waals surface area contributed by atoms with Crippen LogP contribution in [0.2, 0.25) is 0 Å². The summed E-state index contributed by atoms with van der Waals surface area (Å²) in [5, 5.41) is 7.99. The van der Waals surface area contributed by atoms with Gasteiger partial charge in [0.2, 0.25) is 0 Å². The van der Waals surface area contributed by atoms with Crippen LogP contribution in [0.1, 0.15) is 19.2 Å². The molecule has 0 spiro atoms. The third-order valence-electron chi connectivity index (χ3n) is 2.93. The molecule has 1 aromatic rings. The van der Waals surface area contributed by atoms with Crippen LogP contribution < -0.4 is 5.73 Å². The number of aromatic nitrogens is 3. The maximum atomic E-state index is 5.72. The Bertz CT molecular complexity index is 291. The van der Waals surface area contributed by atoms with E-state index in [0.717, 1.165) is 38.4 Å². The Labute approximate surface area is 83.9 Å². The quantitative estimate of drug-likeness (QED) is 0.727. The minimum Gasteiger partial charge on any atom is -0.329 e. The Morgan fingerprint density at radius 1 is 1.57 bits per heavy atom. The van der Waals surface area contributed by atoms with Gasteiger partial charge in [0.15, 0.2) is 0 Å². The van der Waals surface area contributed by atoms with Crippen LogP contribution in [0.25, 0.3) is 0 Å². The number of hydrogen-bond donors (Lipinski definition) is 1. The first-order valence-electron chi connectivity index (χ1n) is 5.16. The van der Waals surface area contributed by atoms with Crippen LogP contribution in [-0.2, 0) is 13.1 Å². The molecule has 1 aliphatic rings. The van der Waals surface area contributed by atoms with Gasteiger partial charge in [0.25, 0.3) is 0 Å². The van der Waals surface area contributed by atoms with E-state index in [0.29, 0.717) is 6.04 Å². The second kappa shape index (κ2) is 4.06. The molecule has 1 atom stereocenters. The fourth-order valence-electron chi connectivity index (χ4n) is 1.97. The van der Waals surface area contributed by atoms with E-state index in [1.54, 1.807) is 6.33 Å². The predicted molar refractivity (Wildman–Crippen MR) is 53.6 cm³/mol. The molecule has 14 heavy (non-hydrogen) atoms. The first-order valence-corrected chi connectivity index (χ1v) is 5.16. The molecule has 0 saturated heterocycles. The van der Waals surface area contributed by atoms with Crippen LogP contribution in [0, 0.1) is 0 Å². The molecule has 0 bridgehead atoms. The lowest BCUT2D eigenvalue weighted by atomic mass is 10.1. The van der Waals surface area contributed by atoms with Gasteiger partial charge in [0.05, 0.1) is 6.54 Å². The molecule has 5 nitrogen and oxygen atoms in total. The van der Waals surface area contributed by atoms with Gasteiger partial charge < -0.3 is 10.3 Å². The molecule has 1 aliphatic heterocycles. The molecule has 1 aromatic heterocycles. The highest BCUT2D eigenvalue weighted by Crippen LogP contribution is 2.13. The fourth-order valence-corrected chi connectivity index (χ4v) is 1.97. The largest absolute Gasteiger partial charge is 0.329 e. The van der Waals surface area contributed by atoms with Crippen molar-refractivity contribution >= 4 is 0 Å². The van der Waals surface area contributed by atoms with Crippen LogP contribution in [0.5, 0.6) is 0 Å². The molecule has 0 aliphatic carbocycles. The summed E-state index contributed by atoms with van der Waals surface area (Å²) < 4.78 is 2.11. The zero-order valence-electron chi connectivity index (χ0n) is 8.56. The first kappa shape index (κ1) is 9.61. The molecule has 5 heteroatoms. The van der Waals surface area contributed by atoms with Crippen molar-refractivity contribution in [2.24, 2.45) is 5.73 Å². The first-order chi connectivity index (χ1) is 6.85. The third kappa shape index (κ3) is 1.65. The predicted octanol–water partition coefficient (Wildman–Crippen LogP) is -0.169. The van der Waals surface area contributed by atoms with E-state index in [4.69, 9.17) is 5.73 Å². The highest BCUT2D eigenvalue weighted by molar-refractivity contribution is 4.91. The monoisotopic (exact) mass is 195 g/mol. The smallest absolute Gasteiger partial charge is 0.147 e. The standard InChI is InChI=1S/C9H17N5/c1-2-8(5-10)13-3-4-14-7-11-12-9(14)6-13/h7-8H,2-6,10H2,1H3. The molecular formula is C9H17N5.